The van der Waals surface area contributed by atoms with Gasteiger partial charge in [0, 0.05) is 22.5 Å². The lowest BCUT2D eigenvalue weighted by Gasteiger charge is -2.20. The molecule has 2 aromatic carbocycles. The first kappa shape index (κ1) is 20.5. The second-order valence-corrected chi connectivity index (χ2v) is 7.41. The highest BCUT2D eigenvalue weighted by atomic mass is 35.5. The summed E-state index contributed by atoms with van der Waals surface area (Å²) in [5.74, 6) is -0.613. The molecule has 0 aliphatic rings. The molecule has 1 N–H and O–H groups in total. The van der Waals surface area contributed by atoms with Gasteiger partial charge in [0.25, 0.3) is 5.91 Å². The fraction of sp³-hybridized carbons (Fsp3) is 0.200. The molecule has 3 rings (SSSR count). The van der Waals surface area contributed by atoms with Crippen LogP contribution in [-0.2, 0) is 4.79 Å². The number of anilines is 1. The van der Waals surface area contributed by atoms with Crippen molar-refractivity contribution in [3.8, 4) is 0 Å². The number of carbonyl (C=O) groups excluding carboxylic acids is 2. The zero-order chi connectivity index (χ0) is 20.4. The summed E-state index contributed by atoms with van der Waals surface area (Å²) in [6, 6.07) is 10.1. The number of carbonyl (C=O) groups is 2. The number of halogens is 3. The number of furan rings is 1. The molecule has 0 bridgehead atoms. The first-order valence-electron chi connectivity index (χ1n) is 8.53. The maximum Gasteiger partial charge on any atom is 0.290 e. The first-order chi connectivity index (χ1) is 13.3. The van der Waals surface area contributed by atoms with Gasteiger partial charge in [-0.25, -0.2) is 0 Å². The number of aryl methyl sites for hydroxylation is 1. The number of hydrogen-bond donors (Lipinski definition) is 1. The van der Waals surface area contributed by atoms with Gasteiger partial charge >= 0.3 is 0 Å². The smallest absolute Gasteiger partial charge is 0.290 e. The molecule has 0 saturated carbocycles. The Morgan fingerprint density at radius 2 is 1.79 bits per heavy atom. The normalized spacial score (nSPS) is 10.9. The van der Waals surface area contributed by atoms with E-state index in [1.165, 1.54) is 4.90 Å². The van der Waals surface area contributed by atoms with E-state index in [0.717, 1.165) is 5.39 Å². The third kappa shape index (κ3) is 4.12. The number of para-hydroxylation sites is 1. The molecule has 0 aliphatic heterocycles. The lowest BCUT2D eigenvalue weighted by molar-refractivity contribution is -0.116. The quantitative estimate of drug-likeness (QED) is 0.546. The summed E-state index contributed by atoms with van der Waals surface area (Å²) in [7, 11) is 0. The van der Waals surface area contributed by atoms with Gasteiger partial charge < -0.3 is 14.6 Å². The van der Waals surface area contributed by atoms with Crippen LogP contribution in [0.4, 0.5) is 5.69 Å². The summed E-state index contributed by atoms with van der Waals surface area (Å²) in [5, 5.41) is 4.61. The summed E-state index contributed by atoms with van der Waals surface area (Å²) < 4.78 is 5.71. The van der Waals surface area contributed by atoms with Crippen LogP contribution in [0.15, 0.2) is 40.8 Å². The van der Waals surface area contributed by atoms with E-state index in [-0.39, 0.29) is 18.2 Å². The minimum atomic E-state index is -0.415. The SMILES string of the molecule is CCN(CC(=O)Nc1c(Cl)cccc1Cl)C(=O)c1oc2ccc(Cl)cc2c1C. The van der Waals surface area contributed by atoms with Crippen molar-refractivity contribution in [3.05, 3.63) is 62.8 Å². The molecular weight excluding hydrogens is 423 g/mol. The average Bonchev–Trinajstić information content (AvgIpc) is 2.98. The lowest BCUT2D eigenvalue weighted by Crippen LogP contribution is -2.38. The molecular formula is C20H17Cl3N2O3. The third-order valence-corrected chi connectivity index (χ3v) is 5.19. The number of nitrogens with zero attached hydrogens (tertiary/aromatic N) is 1. The predicted octanol–water partition coefficient (Wildman–Crippen LogP) is 5.80. The number of nitrogens with one attached hydrogen (secondary N) is 1. The second-order valence-electron chi connectivity index (χ2n) is 6.16. The Kier molecular flexibility index (Phi) is 6.18. The van der Waals surface area contributed by atoms with E-state index in [1.807, 2.05) is 0 Å². The fourth-order valence-corrected chi connectivity index (χ4v) is 3.50. The highest BCUT2D eigenvalue weighted by molar-refractivity contribution is 6.39. The maximum atomic E-state index is 12.9. The zero-order valence-corrected chi connectivity index (χ0v) is 17.5. The molecule has 0 unspecified atom stereocenters. The summed E-state index contributed by atoms with van der Waals surface area (Å²) in [5.41, 5.74) is 1.55. The summed E-state index contributed by atoms with van der Waals surface area (Å²) in [6.45, 7) is 3.71. The van der Waals surface area contributed by atoms with Crippen LogP contribution in [0.2, 0.25) is 15.1 Å². The van der Waals surface area contributed by atoms with Gasteiger partial charge in [0.05, 0.1) is 15.7 Å². The molecule has 5 nitrogen and oxygen atoms in total. The summed E-state index contributed by atoms with van der Waals surface area (Å²) in [4.78, 5) is 26.8. The molecule has 1 heterocycles. The van der Waals surface area contributed by atoms with E-state index < -0.39 is 5.91 Å². The van der Waals surface area contributed by atoms with Crippen molar-refractivity contribution in [1.82, 2.24) is 4.90 Å². The van der Waals surface area contributed by atoms with E-state index in [2.05, 4.69) is 5.32 Å². The summed E-state index contributed by atoms with van der Waals surface area (Å²) >= 11 is 18.2. The molecule has 28 heavy (non-hydrogen) atoms. The van der Waals surface area contributed by atoms with Crippen LogP contribution in [0.5, 0.6) is 0 Å². The van der Waals surface area contributed by atoms with Crippen LogP contribution >= 0.6 is 34.8 Å². The third-order valence-electron chi connectivity index (χ3n) is 4.32. The van der Waals surface area contributed by atoms with Gasteiger partial charge in [-0.2, -0.15) is 0 Å². The number of hydrogen-bond acceptors (Lipinski definition) is 3. The molecule has 0 radical (unpaired) electrons. The number of rotatable bonds is 5. The lowest BCUT2D eigenvalue weighted by atomic mass is 10.1. The van der Waals surface area contributed by atoms with Gasteiger partial charge in [0.15, 0.2) is 5.76 Å². The predicted molar refractivity (Wildman–Crippen MR) is 113 cm³/mol. The number of benzene rings is 2. The van der Waals surface area contributed by atoms with Gasteiger partial charge in [-0.3, -0.25) is 9.59 Å². The number of likely N-dealkylation sites (N-methyl/N-ethyl adjacent to an activating group) is 1. The van der Waals surface area contributed by atoms with Gasteiger partial charge in [0.1, 0.15) is 12.1 Å². The van der Waals surface area contributed by atoms with Crippen LogP contribution in [-0.4, -0.2) is 29.8 Å². The van der Waals surface area contributed by atoms with Crippen LogP contribution < -0.4 is 5.32 Å². The van der Waals surface area contributed by atoms with Gasteiger partial charge in [-0.05, 0) is 44.2 Å². The molecule has 2 amide bonds. The Hall–Kier alpha value is -2.21. The number of amides is 2. The standard InChI is InChI=1S/C20H17Cl3N2O3/c1-3-25(10-17(26)24-18-14(22)5-4-6-15(18)23)20(27)19-11(2)13-9-12(21)7-8-16(13)28-19/h4-9H,3,10H2,1-2H3,(H,24,26). The number of fused-ring (bicyclic) bond motifs is 1. The summed E-state index contributed by atoms with van der Waals surface area (Å²) in [6.07, 6.45) is 0. The monoisotopic (exact) mass is 438 g/mol. The van der Waals surface area contributed by atoms with E-state index in [0.29, 0.717) is 38.4 Å². The molecule has 0 atom stereocenters. The largest absolute Gasteiger partial charge is 0.451 e. The zero-order valence-electron chi connectivity index (χ0n) is 15.2. The van der Waals surface area contributed by atoms with Crippen molar-refractivity contribution in [2.45, 2.75) is 13.8 Å². The van der Waals surface area contributed by atoms with E-state index in [4.69, 9.17) is 39.2 Å². The molecule has 0 fully saturated rings. The highest BCUT2D eigenvalue weighted by Crippen LogP contribution is 2.30. The topological polar surface area (TPSA) is 62.6 Å². The maximum absolute atomic E-state index is 12.9. The minimum absolute atomic E-state index is 0.172. The Labute approximate surface area is 177 Å². The van der Waals surface area contributed by atoms with Gasteiger partial charge in [0.2, 0.25) is 5.91 Å². The molecule has 1 aromatic heterocycles. The van der Waals surface area contributed by atoms with Crippen LogP contribution in [0.3, 0.4) is 0 Å². The molecule has 0 spiro atoms. The molecule has 3 aromatic rings. The molecule has 146 valence electrons. The Balaban J connectivity index is 1.80. The highest BCUT2D eigenvalue weighted by Gasteiger charge is 2.24. The van der Waals surface area contributed by atoms with Crippen molar-refractivity contribution in [3.63, 3.8) is 0 Å². The Morgan fingerprint density at radius 1 is 1.11 bits per heavy atom. The van der Waals surface area contributed by atoms with Crippen molar-refractivity contribution >= 4 is 63.3 Å². The van der Waals surface area contributed by atoms with Crippen molar-refractivity contribution < 1.29 is 14.0 Å². The Morgan fingerprint density at radius 3 is 2.43 bits per heavy atom. The Bertz CT molecular complexity index is 1040. The van der Waals surface area contributed by atoms with Crippen molar-refractivity contribution in [2.75, 3.05) is 18.4 Å². The first-order valence-corrected chi connectivity index (χ1v) is 9.67. The van der Waals surface area contributed by atoms with E-state index in [9.17, 15) is 9.59 Å². The van der Waals surface area contributed by atoms with Crippen LogP contribution in [0.25, 0.3) is 11.0 Å². The average molecular weight is 440 g/mol. The molecule has 0 aliphatic carbocycles. The van der Waals surface area contributed by atoms with Crippen molar-refractivity contribution in [1.29, 1.82) is 0 Å². The van der Waals surface area contributed by atoms with E-state index >= 15 is 0 Å². The van der Waals surface area contributed by atoms with Gasteiger partial charge in [-0.1, -0.05) is 40.9 Å². The van der Waals surface area contributed by atoms with Crippen molar-refractivity contribution in [2.24, 2.45) is 0 Å². The molecule has 0 saturated heterocycles. The van der Waals surface area contributed by atoms with Gasteiger partial charge in [-0.15, -0.1) is 0 Å². The van der Waals surface area contributed by atoms with E-state index in [1.54, 1.807) is 50.2 Å². The molecule has 8 heteroatoms. The van der Waals surface area contributed by atoms with Crippen LogP contribution in [0, 0.1) is 6.92 Å². The van der Waals surface area contributed by atoms with Crippen LogP contribution in [0.1, 0.15) is 23.0 Å². The minimum Gasteiger partial charge on any atom is -0.451 e. The second kappa shape index (κ2) is 8.43. The fourth-order valence-electron chi connectivity index (χ4n) is 2.84.